The van der Waals surface area contributed by atoms with Gasteiger partial charge in [0.15, 0.2) is 0 Å². The number of benzene rings is 1. The van der Waals surface area contributed by atoms with Gasteiger partial charge < -0.3 is 10.3 Å². The Labute approximate surface area is 103 Å². The van der Waals surface area contributed by atoms with Crippen LogP contribution in [0.5, 0.6) is 0 Å². The van der Waals surface area contributed by atoms with E-state index in [1.54, 1.807) is 0 Å². The van der Waals surface area contributed by atoms with Crippen molar-refractivity contribution in [2.75, 3.05) is 5.32 Å². The molecule has 2 N–H and O–H groups in total. The second-order valence-electron chi connectivity index (χ2n) is 3.76. The van der Waals surface area contributed by atoms with Gasteiger partial charge in [-0.2, -0.15) is 0 Å². The molecule has 4 heteroatoms. The monoisotopic (exact) mass is 279 g/mol. The van der Waals surface area contributed by atoms with Crippen molar-refractivity contribution in [3.63, 3.8) is 0 Å². The smallest absolute Gasteiger partial charge is 0.125 e. The summed E-state index contributed by atoms with van der Waals surface area (Å²) in [6.45, 7) is 4.75. The number of H-pyrrole nitrogens is 1. The number of hydrogen-bond acceptors (Lipinski definition) is 2. The number of anilines is 1. The van der Waals surface area contributed by atoms with E-state index in [2.05, 4.69) is 31.2 Å². The predicted octanol–water partition coefficient (Wildman–Crippen LogP) is 3.40. The van der Waals surface area contributed by atoms with Crippen LogP contribution in [-0.4, -0.2) is 9.97 Å². The fourth-order valence-corrected chi connectivity index (χ4v) is 1.89. The molecule has 84 valence electrons. The van der Waals surface area contributed by atoms with Crippen LogP contribution in [0.15, 0.2) is 28.7 Å². The van der Waals surface area contributed by atoms with Gasteiger partial charge in [0.05, 0.1) is 12.2 Å². The second kappa shape index (κ2) is 4.70. The molecular weight excluding hydrogens is 266 g/mol. The highest BCUT2D eigenvalue weighted by atomic mass is 79.9. The van der Waals surface area contributed by atoms with Gasteiger partial charge in [0.2, 0.25) is 0 Å². The lowest BCUT2D eigenvalue weighted by atomic mass is 10.3. The van der Waals surface area contributed by atoms with E-state index in [-0.39, 0.29) is 0 Å². The maximum atomic E-state index is 4.42. The molecule has 0 bridgehead atoms. The lowest BCUT2D eigenvalue weighted by Crippen LogP contribution is -2.01. The number of aromatic amines is 1. The first-order valence-electron chi connectivity index (χ1n) is 5.16. The van der Waals surface area contributed by atoms with Crippen LogP contribution in [0.3, 0.4) is 0 Å². The Morgan fingerprint density at radius 2 is 2.19 bits per heavy atom. The summed E-state index contributed by atoms with van der Waals surface area (Å²) in [6.07, 6.45) is 0. The minimum absolute atomic E-state index is 0.713. The number of rotatable bonds is 3. The zero-order valence-corrected chi connectivity index (χ0v) is 10.9. The van der Waals surface area contributed by atoms with E-state index in [4.69, 9.17) is 0 Å². The maximum Gasteiger partial charge on any atom is 0.125 e. The van der Waals surface area contributed by atoms with Crippen LogP contribution in [0.4, 0.5) is 5.69 Å². The van der Waals surface area contributed by atoms with Crippen LogP contribution in [0.1, 0.15) is 17.2 Å². The highest BCUT2D eigenvalue weighted by Gasteiger charge is 2.01. The molecule has 0 unspecified atom stereocenters. The maximum absolute atomic E-state index is 4.42. The summed E-state index contributed by atoms with van der Waals surface area (Å²) in [5.74, 6) is 0.968. The number of halogens is 1. The SMILES string of the molecule is Cc1nc(CNc2cccc(Br)c2)[nH]c1C. The van der Waals surface area contributed by atoms with Crippen molar-refractivity contribution in [1.82, 2.24) is 9.97 Å². The minimum Gasteiger partial charge on any atom is -0.378 e. The molecule has 3 nitrogen and oxygen atoms in total. The summed E-state index contributed by atoms with van der Waals surface area (Å²) in [4.78, 5) is 7.66. The summed E-state index contributed by atoms with van der Waals surface area (Å²) < 4.78 is 1.07. The van der Waals surface area contributed by atoms with Crippen LogP contribution >= 0.6 is 15.9 Å². The van der Waals surface area contributed by atoms with E-state index in [1.165, 1.54) is 0 Å². The first-order chi connectivity index (χ1) is 7.65. The Bertz CT molecular complexity index is 471. The molecule has 2 rings (SSSR count). The minimum atomic E-state index is 0.713. The molecule has 0 spiro atoms. The zero-order valence-electron chi connectivity index (χ0n) is 9.34. The first kappa shape index (κ1) is 11.2. The van der Waals surface area contributed by atoms with E-state index < -0.39 is 0 Å². The van der Waals surface area contributed by atoms with Crippen LogP contribution in [0.2, 0.25) is 0 Å². The number of nitrogens with zero attached hydrogens (tertiary/aromatic N) is 1. The van der Waals surface area contributed by atoms with Gasteiger partial charge in [-0.1, -0.05) is 22.0 Å². The Kier molecular flexibility index (Phi) is 3.29. The van der Waals surface area contributed by atoms with Crippen LogP contribution in [0.25, 0.3) is 0 Å². The largest absolute Gasteiger partial charge is 0.378 e. The average molecular weight is 280 g/mol. The third kappa shape index (κ3) is 2.64. The van der Waals surface area contributed by atoms with Gasteiger partial charge in [-0.3, -0.25) is 0 Å². The van der Waals surface area contributed by atoms with E-state index in [0.29, 0.717) is 6.54 Å². The number of aromatic nitrogens is 2. The molecule has 16 heavy (non-hydrogen) atoms. The first-order valence-corrected chi connectivity index (χ1v) is 5.96. The van der Waals surface area contributed by atoms with Crippen molar-refractivity contribution in [3.8, 4) is 0 Å². The van der Waals surface area contributed by atoms with E-state index >= 15 is 0 Å². The van der Waals surface area contributed by atoms with Gasteiger partial charge in [0.1, 0.15) is 5.82 Å². The topological polar surface area (TPSA) is 40.7 Å². The summed E-state index contributed by atoms with van der Waals surface area (Å²) in [6, 6.07) is 8.09. The molecule has 0 atom stereocenters. The fourth-order valence-electron chi connectivity index (χ4n) is 1.49. The van der Waals surface area contributed by atoms with Gasteiger partial charge in [-0.25, -0.2) is 4.98 Å². The predicted molar refractivity (Wildman–Crippen MR) is 69.5 cm³/mol. The third-order valence-corrected chi connectivity index (χ3v) is 2.95. The molecule has 0 saturated heterocycles. The van der Waals surface area contributed by atoms with Crippen molar-refractivity contribution in [1.29, 1.82) is 0 Å². The molecule has 1 aromatic heterocycles. The Hall–Kier alpha value is -1.29. The molecule has 0 saturated carbocycles. The summed E-state index contributed by atoms with van der Waals surface area (Å²) in [5, 5.41) is 3.32. The van der Waals surface area contributed by atoms with E-state index in [9.17, 15) is 0 Å². The second-order valence-corrected chi connectivity index (χ2v) is 4.67. The number of hydrogen-bond donors (Lipinski definition) is 2. The van der Waals surface area contributed by atoms with Crippen LogP contribution in [-0.2, 0) is 6.54 Å². The van der Waals surface area contributed by atoms with Crippen molar-refractivity contribution >= 4 is 21.6 Å². The molecule has 1 aromatic carbocycles. The Morgan fingerprint density at radius 3 is 2.81 bits per heavy atom. The fraction of sp³-hybridized carbons (Fsp3) is 0.250. The van der Waals surface area contributed by atoms with Crippen molar-refractivity contribution in [2.45, 2.75) is 20.4 Å². The highest BCUT2D eigenvalue weighted by molar-refractivity contribution is 9.10. The van der Waals surface area contributed by atoms with E-state index in [1.807, 2.05) is 38.1 Å². The quantitative estimate of drug-likeness (QED) is 0.904. The van der Waals surface area contributed by atoms with Gasteiger partial charge in [0.25, 0.3) is 0 Å². The molecule has 0 aliphatic heterocycles. The van der Waals surface area contributed by atoms with Crippen molar-refractivity contribution in [3.05, 3.63) is 46.0 Å². The number of nitrogens with one attached hydrogen (secondary N) is 2. The van der Waals surface area contributed by atoms with Gasteiger partial charge in [-0.05, 0) is 32.0 Å². The Morgan fingerprint density at radius 1 is 1.38 bits per heavy atom. The summed E-state index contributed by atoms with van der Waals surface area (Å²) >= 11 is 3.44. The highest BCUT2D eigenvalue weighted by Crippen LogP contribution is 2.16. The van der Waals surface area contributed by atoms with Crippen LogP contribution < -0.4 is 5.32 Å². The molecule has 2 aromatic rings. The molecule has 0 radical (unpaired) electrons. The molecule has 0 aliphatic carbocycles. The normalized spacial score (nSPS) is 10.4. The Balaban J connectivity index is 2.02. The molecule has 0 aliphatic rings. The zero-order chi connectivity index (χ0) is 11.5. The summed E-state index contributed by atoms with van der Waals surface area (Å²) in [7, 11) is 0. The van der Waals surface area contributed by atoms with Gasteiger partial charge >= 0.3 is 0 Å². The van der Waals surface area contributed by atoms with E-state index in [0.717, 1.165) is 27.4 Å². The molecule has 0 fully saturated rings. The molecule has 0 amide bonds. The van der Waals surface area contributed by atoms with Gasteiger partial charge in [0, 0.05) is 15.9 Å². The number of imidazole rings is 1. The number of aryl methyl sites for hydroxylation is 2. The lowest BCUT2D eigenvalue weighted by molar-refractivity contribution is 0.987. The molecule has 1 heterocycles. The standard InChI is InChI=1S/C12H14BrN3/c1-8-9(2)16-12(15-8)7-14-11-5-3-4-10(13)6-11/h3-6,14H,7H2,1-2H3,(H,15,16). The van der Waals surface area contributed by atoms with Crippen LogP contribution in [0, 0.1) is 13.8 Å². The van der Waals surface area contributed by atoms with Gasteiger partial charge in [-0.15, -0.1) is 0 Å². The van der Waals surface area contributed by atoms with Crippen molar-refractivity contribution in [2.24, 2.45) is 0 Å². The molecular formula is C12H14BrN3. The third-order valence-electron chi connectivity index (χ3n) is 2.46. The average Bonchev–Trinajstić information content (AvgIpc) is 2.56. The summed E-state index contributed by atoms with van der Waals surface area (Å²) in [5.41, 5.74) is 3.28. The van der Waals surface area contributed by atoms with Crippen molar-refractivity contribution < 1.29 is 0 Å². The lowest BCUT2D eigenvalue weighted by Gasteiger charge is -2.04.